The minimum atomic E-state index is -0.481. The molecule has 26 heavy (non-hydrogen) atoms. The highest BCUT2D eigenvalue weighted by Gasteiger charge is 2.13. The third kappa shape index (κ3) is 5.60. The number of ether oxygens (including phenoxy) is 3. The maximum Gasteiger partial charge on any atom is 0.357 e. The largest absolute Gasteiger partial charge is 0.496 e. The minimum absolute atomic E-state index is 0. The highest BCUT2D eigenvalue weighted by molar-refractivity contribution is 8.93. The second kappa shape index (κ2) is 10.6. The van der Waals surface area contributed by atoms with Crippen molar-refractivity contribution in [2.24, 2.45) is 0 Å². The molecule has 0 aliphatic heterocycles. The van der Waals surface area contributed by atoms with E-state index < -0.39 is 5.97 Å². The molecule has 0 saturated carbocycles. The van der Waals surface area contributed by atoms with Crippen molar-refractivity contribution in [3.63, 3.8) is 0 Å². The molecule has 0 amide bonds. The number of hydrogen-bond acceptors (Lipinski definition) is 7. The van der Waals surface area contributed by atoms with Crippen LogP contribution < -0.4 is 20.1 Å². The lowest BCUT2D eigenvalue weighted by atomic mass is 10.1. The number of carbonyl (C=O) groups is 1. The summed E-state index contributed by atoms with van der Waals surface area (Å²) in [5.41, 5.74) is 1.01. The van der Waals surface area contributed by atoms with E-state index in [9.17, 15) is 4.79 Å². The SMILES string of the molecule is Br.CCOC(=O)c1csc(NC(=N)NCc2c(OC)cccc2OC)n1. The van der Waals surface area contributed by atoms with E-state index >= 15 is 0 Å². The smallest absolute Gasteiger partial charge is 0.357 e. The molecule has 1 aromatic heterocycles. The topological polar surface area (TPSA) is 106 Å². The van der Waals surface area contributed by atoms with Crippen molar-refractivity contribution < 1.29 is 19.0 Å². The number of rotatable bonds is 7. The number of aromatic nitrogens is 1. The Balaban J connectivity index is 0.00000338. The van der Waals surface area contributed by atoms with Crippen LogP contribution >= 0.6 is 28.3 Å². The summed E-state index contributed by atoms with van der Waals surface area (Å²) in [7, 11) is 3.16. The molecular weight excluding hydrogens is 424 g/mol. The quantitative estimate of drug-likeness (QED) is 0.342. The molecule has 0 fully saturated rings. The van der Waals surface area contributed by atoms with E-state index in [2.05, 4.69) is 15.6 Å². The van der Waals surface area contributed by atoms with Gasteiger partial charge in [-0.15, -0.1) is 28.3 Å². The van der Waals surface area contributed by atoms with Gasteiger partial charge in [0.15, 0.2) is 16.8 Å². The number of methoxy groups -OCH3 is 2. The second-order valence-electron chi connectivity index (χ2n) is 4.75. The van der Waals surface area contributed by atoms with Crippen LogP contribution in [0.5, 0.6) is 11.5 Å². The Bertz CT molecular complexity index is 731. The van der Waals surface area contributed by atoms with Crippen LogP contribution in [0.4, 0.5) is 5.13 Å². The van der Waals surface area contributed by atoms with Gasteiger partial charge in [0.2, 0.25) is 0 Å². The molecule has 2 rings (SSSR count). The monoisotopic (exact) mass is 444 g/mol. The lowest BCUT2D eigenvalue weighted by molar-refractivity contribution is 0.0520. The molecule has 3 N–H and O–H groups in total. The fraction of sp³-hybridized carbons (Fsp3) is 0.312. The maximum absolute atomic E-state index is 11.6. The minimum Gasteiger partial charge on any atom is -0.496 e. The Kier molecular flexibility index (Phi) is 8.86. The second-order valence-corrected chi connectivity index (χ2v) is 5.61. The number of benzene rings is 1. The Hall–Kier alpha value is -2.33. The van der Waals surface area contributed by atoms with Crippen LogP contribution in [0.15, 0.2) is 23.6 Å². The van der Waals surface area contributed by atoms with E-state index in [1.807, 2.05) is 18.2 Å². The Morgan fingerprint density at radius 1 is 1.27 bits per heavy atom. The van der Waals surface area contributed by atoms with Crippen LogP contribution in [0, 0.1) is 5.41 Å². The fourth-order valence-corrected chi connectivity index (χ4v) is 2.74. The van der Waals surface area contributed by atoms with Crippen LogP contribution in [0.2, 0.25) is 0 Å². The molecule has 0 spiro atoms. The van der Waals surface area contributed by atoms with Crippen molar-refractivity contribution >= 4 is 45.4 Å². The average molecular weight is 445 g/mol. The number of nitrogens with one attached hydrogen (secondary N) is 3. The van der Waals surface area contributed by atoms with E-state index in [1.54, 1.807) is 26.5 Å². The van der Waals surface area contributed by atoms with Crippen molar-refractivity contribution in [1.29, 1.82) is 5.41 Å². The van der Waals surface area contributed by atoms with Crippen molar-refractivity contribution in [3.05, 3.63) is 34.8 Å². The van der Waals surface area contributed by atoms with Crippen LogP contribution in [0.1, 0.15) is 23.0 Å². The van der Waals surface area contributed by atoms with E-state index in [4.69, 9.17) is 19.6 Å². The van der Waals surface area contributed by atoms with E-state index in [0.717, 1.165) is 5.56 Å². The summed E-state index contributed by atoms with van der Waals surface area (Å²) < 4.78 is 15.5. The Morgan fingerprint density at radius 3 is 2.50 bits per heavy atom. The van der Waals surface area contributed by atoms with Gasteiger partial charge in [-0.2, -0.15) is 0 Å². The number of anilines is 1. The predicted octanol–water partition coefficient (Wildman–Crippen LogP) is 3.05. The molecule has 1 aromatic carbocycles. The van der Waals surface area contributed by atoms with Gasteiger partial charge in [-0.3, -0.25) is 5.41 Å². The number of nitrogens with zero attached hydrogens (tertiary/aromatic N) is 1. The molecule has 2 aromatic rings. The summed E-state index contributed by atoms with van der Waals surface area (Å²) in [4.78, 5) is 15.7. The molecule has 10 heteroatoms. The third-order valence-electron chi connectivity index (χ3n) is 3.19. The van der Waals surface area contributed by atoms with Gasteiger partial charge in [0.1, 0.15) is 11.5 Å². The molecule has 0 bridgehead atoms. The number of thiazole rings is 1. The lowest BCUT2D eigenvalue weighted by Crippen LogP contribution is -2.29. The van der Waals surface area contributed by atoms with Crippen molar-refractivity contribution in [1.82, 2.24) is 10.3 Å². The first kappa shape index (κ1) is 21.7. The molecule has 0 atom stereocenters. The summed E-state index contributed by atoms with van der Waals surface area (Å²) in [6.07, 6.45) is 0. The molecule has 1 heterocycles. The zero-order chi connectivity index (χ0) is 18.2. The molecule has 0 aliphatic carbocycles. The van der Waals surface area contributed by atoms with Gasteiger partial charge in [0, 0.05) is 5.38 Å². The van der Waals surface area contributed by atoms with Gasteiger partial charge in [-0.25, -0.2) is 9.78 Å². The summed E-state index contributed by atoms with van der Waals surface area (Å²) in [5.74, 6) is 0.889. The first-order chi connectivity index (χ1) is 12.1. The molecule has 8 nitrogen and oxygen atoms in total. The van der Waals surface area contributed by atoms with Gasteiger partial charge in [0.05, 0.1) is 32.9 Å². The van der Waals surface area contributed by atoms with Crippen LogP contribution in [-0.2, 0) is 11.3 Å². The average Bonchev–Trinajstić information content (AvgIpc) is 3.08. The Labute approximate surface area is 166 Å². The van der Waals surface area contributed by atoms with Gasteiger partial charge >= 0.3 is 5.97 Å². The fourth-order valence-electron chi connectivity index (χ4n) is 2.06. The van der Waals surface area contributed by atoms with Gasteiger partial charge in [0.25, 0.3) is 0 Å². The summed E-state index contributed by atoms with van der Waals surface area (Å²) in [6.45, 7) is 2.35. The lowest BCUT2D eigenvalue weighted by Gasteiger charge is -2.14. The highest BCUT2D eigenvalue weighted by Crippen LogP contribution is 2.27. The van der Waals surface area contributed by atoms with Crippen LogP contribution in [0.3, 0.4) is 0 Å². The molecule has 0 unspecified atom stereocenters. The van der Waals surface area contributed by atoms with Crippen molar-refractivity contribution in [3.8, 4) is 11.5 Å². The van der Waals surface area contributed by atoms with E-state index in [0.29, 0.717) is 23.2 Å². The molecular formula is C16H21BrN4O4S. The number of halogens is 1. The first-order valence-corrected chi connectivity index (χ1v) is 8.39. The zero-order valence-corrected chi connectivity index (χ0v) is 17.1. The van der Waals surface area contributed by atoms with Gasteiger partial charge < -0.3 is 24.8 Å². The Morgan fingerprint density at radius 2 is 1.92 bits per heavy atom. The number of carbonyl (C=O) groups excluding carboxylic acids is 1. The first-order valence-electron chi connectivity index (χ1n) is 7.51. The number of esters is 1. The van der Waals surface area contributed by atoms with Crippen molar-refractivity contribution in [2.45, 2.75) is 13.5 Å². The summed E-state index contributed by atoms with van der Waals surface area (Å²) >= 11 is 1.22. The van der Waals surface area contributed by atoms with Crippen LogP contribution in [-0.4, -0.2) is 37.7 Å². The van der Waals surface area contributed by atoms with Crippen LogP contribution in [0.25, 0.3) is 0 Å². The molecule has 0 aliphatic rings. The molecule has 0 radical (unpaired) electrons. The van der Waals surface area contributed by atoms with E-state index in [1.165, 1.54) is 11.3 Å². The maximum atomic E-state index is 11.6. The predicted molar refractivity (Wildman–Crippen MR) is 106 cm³/mol. The van der Waals surface area contributed by atoms with Crippen molar-refractivity contribution in [2.75, 3.05) is 26.1 Å². The zero-order valence-electron chi connectivity index (χ0n) is 14.6. The standard InChI is InChI=1S/C16H20N4O4S.BrH/c1-4-24-14(21)11-9-25-16(19-11)20-15(17)18-8-10-12(22-2)6-5-7-13(10)23-3;/h5-7,9H,4,8H2,1-3H3,(H3,17,18,19,20);1H. The van der Waals surface area contributed by atoms with Gasteiger partial charge in [-0.1, -0.05) is 6.07 Å². The number of guanidine groups is 1. The van der Waals surface area contributed by atoms with Gasteiger partial charge in [-0.05, 0) is 19.1 Å². The third-order valence-corrected chi connectivity index (χ3v) is 3.95. The summed E-state index contributed by atoms with van der Waals surface area (Å²) in [6, 6.07) is 5.48. The highest BCUT2D eigenvalue weighted by atomic mass is 79.9. The molecule has 0 saturated heterocycles. The summed E-state index contributed by atoms with van der Waals surface area (Å²) in [5, 5.41) is 15.7. The van der Waals surface area contributed by atoms with E-state index in [-0.39, 0.29) is 35.2 Å². The normalized spacial score (nSPS) is 9.65. The molecule has 142 valence electrons. The number of hydrogen-bond donors (Lipinski definition) is 3.